The van der Waals surface area contributed by atoms with Crippen molar-refractivity contribution in [3.8, 4) is 11.5 Å². The molecule has 2 N–H and O–H groups in total. The standard InChI is InChI=1S/C19H21N3O5/c1-19(2,3)14-7-5-12(6-8-14)18(24)21-20-11-13-9-15(22(25)26)10-16(27-4)17(13)23/h5-11,23H,1-4H3,(H,21,24). The highest BCUT2D eigenvalue weighted by atomic mass is 16.6. The predicted molar refractivity (Wildman–Crippen MR) is 102 cm³/mol. The van der Waals surface area contributed by atoms with Gasteiger partial charge in [0.05, 0.1) is 24.3 Å². The van der Waals surface area contributed by atoms with E-state index in [1.807, 2.05) is 12.1 Å². The highest BCUT2D eigenvalue weighted by molar-refractivity contribution is 5.95. The average molecular weight is 371 g/mol. The molecule has 0 heterocycles. The summed E-state index contributed by atoms with van der Waals surface area (Å²) in [5, 5.41) is 24.7. The van der Waals surface area contributed by atoms with Crippen LogP contribution in [0.4, 0.5) is 5.69 Å². The molecule has 0 unspecified atom stereocenters. The number of benzene rings is 2. The Balaban J connectivity index is 2.16. The van der Waals surface area contributed by atoms with Gasteiger partial charge in [-0.25, -0.2) is 5.43 Å². The van der Waals surface area contributed by atoms with Crippen LogP contribution in [0, 0.1) is 10.1 Å². The Hall–Kier alpha value is -3.42. The summed E-state index contributed by atoms with van der Waals surface area (Å²) in [6.07, 6.45) is 1.12. The Morgan fingerprint density at radius 2 is 1.89 bits per heavy atom. The summed E-state index contributed by atoms with van der Waals surface area (Å²) in [6, 6.07) is 9.36. The van der Waals surface area contributed by atoms with Crippen LogP contribution < -0.4 is 10.2 Å². The molecule has 0 saturated carbocycles. The van der Waals surface area contributed by atoms with Gasteiger partial charge in [0.25, 0.3) is 11.6 Å². The predicted octanol–water partition coefficient (Wildman–Crippen LogP) is 3.37. The maximum absolute atomic E-state index is 12.2. The number of hydrazone groups is 1. The average Bonchev–Trinajstić information content (AvgIpc) is 2.62. The van der Waals surface area contributed by atoms with Gasteiger partial charge in [-0.2, -0.15) is 5.10 Å². The molecule has 0 radical (unpaired) electrons. The van der Waals surface area contributed by atoms with Gasteiger partial charge < -0.3 is 9.84 Å². The van der Waals surface area contributed by atoms with E-state index in [-0.39, 0.29) is 28.2 Å². The fourth-order valence-electron chi connectivity index (χ4n) is 2.32. The molecule has 0 aliphatic carbocycles. The quantitative estimate of drug-likeness (QED) is 0.475. The minimum atomic E-state index is -0.616. The zero-order chi connectivity index (χ0) is 20.2. The molecule has 0 atom stereocenters. The molecule has 2 rings (SSSR count). The fourth-order valence-corrected chi connectivity index (χ4v) is 2.32. The first-order valence-corrected chi connectivity index (χ1v) is 8.13. The van der Waals surface area contributed by atoms with E-state index >= 15 is 0 Å². The van der Waals surface area contributed by atoms with E-state index in [0.717, 1.165) is 23.9 Å². The van der Waals surface area contributed by atoms with Gasteiger partial charge in [-0.1, -0.05) is 32.9 Å². The number of nitrogens with one attached hydrogen (secondary N) is 1. The van der Waals surface area contributed by atoms with Crippen molar-refractivity contribution in [2.24, 2.45) is 5.10 Å². The molecular weight excluding hydrogens is 350 g/mol. The molecule has 27 heavy (non-hydrogen) atoms. The molecule has 0 saturated heterocycles. The summed E-state index contributed by atoms with van der Waals surface area (Å²) in [4.78, 5) is 22.5. The van der Waals surface area contributed by atoms with Gasteiger partial charge in [-0.05, 0) is 23.1 Å². The molecule has 8 nitrogen and oxygen atoms in total. The lowest BCUT2D eigenvalue weighted by Gasteiger charge is -2.18. The molecule has 0 fully saturated rings. The molecule has 1 amide bonds. The summed E-state index contributed by atoms with van der Waals surface area (Å²) in [5.41, 5.74) is 3.59. The number of carbonyl (C=O) groups excluding carboxylic acids is 1. The van der Waals surface area contributed by atoms with Crippen LogP contribution in [-0.4, -0.2) is 29.3 Å². The number of hydrogen-bond donors (Lipinski definition) is 2. The van der Waals surface area contributed by atoms with Crippen molar-refractivity contribution in [2.45, 2.75) is 26.2 Å². The second-order valence-corrected chi connectivity index (χ2v) is 6.87. The highest BCUT2D eigenvalue weighted by Crippen LogP contribution is 2.33. The Kier molecular flexibility index (Phi) is 5.79. The Morgan fingerprint density at radius 1 is 1.26 bits per heavy atom. The van der Waals surface area contributed by atoms with Gasteiger partial charge >= 0.3 is 0 Å². The zero-order valence-electron chi connectivity index (χ0n) is 15.5. The smallest absolute Gasteiger partial charge is 0.274 e. The van der Waals surface area contributed by atoms with E-state index in [9.17, 15) is 20.0 Å². The zero-order valence-corrected chi connectivity index (χ0v) is 15.5. The van der Waals surface area contributed by atoms with Gasteiger partial charge in [0.1, 0.15) is 0 Å². The number of amides is 1. The maximum atomic E-state index is 12.2. The number of nitro benzene ring substituents is 1. The first-order valence-electron chi connectivity index (χ1n) is 8.13. The van der Waals surface area contributed by atoms with Crippen molar-refractivity contribution in [1.29, 1.82) is 0 Å². The minimum Gasteiger partial charge on any atom is -0.504 e. The Morgan fingerprint density at radius 3 is 2.41 bits per heavy atom. The van der Waals surface area contributed by atoms with Crippen LogP contribution in [0.15, 0.2) is 41.5 Å². The largest absolute Gasteiger partial charge is 0.504 e. The number of phenols is 1. The van der Waals surface area contributed by atoms with Crippen LogP contribution in [0.1, 0.15) is 42.3 Å². The fraction of sp³-hybridized carbons (Fsp3) is 0.263. The molecule has 2 aromatic carbocycles. The van der Waals surface area contributed by atoms with Crippen molar-refractivity contribution < 1.29 is 19.6 Å². The SMILES string of the molecule is COc1cc([N+](=O)[O-])cc(C=NNC(=O)c2ccc(C(C)(C)C)cc2)c1O. The third kappa shape index (κ3) is 4.81. The minimum absolute atomic E-state index is 0.0221. The number of phenolic OH excluding ortho intramolecular Hbond substituents is 1. The lowest BCUT2D eigenvalue weighted by Crippen LogP contribution is -2.18. The van der Waals surface area contributed by atoms with E-state index in [1.54, 1.807) is 12.1 Å². The summed E-state index contributed by atoms with van der Waals surface area (Å²) >= 11 is 0. The molecule has 0 aliphatic rings. The second-order valence-electron chi connectivity index (χ2n) is 6.87. The van der Waals surface area contributed by atoms with Crippen molar-refractivity contribution in [3.05, 3.63) is 63.2 Å². The number of non-ortho nitro benzene ring substituents is 1. The van der Waals surface area contributed by atoms with Gasteiger partial charge in [0.2, 0.25) is 0 Å². The van der Waals surface area contributed by atoms with Crippen LogP contribution in [0.2, 0.25) is 0 Å². The van der Waals surface area contributed by atoms with Crippen molar-refractivity contribution in [2.75, 3.05) is 7.11 Å². The number of aromatic hydroxyl groups is 1. The van der Waals surface area contributed by atoms with E-state index in [0.29, 0.717) is 5.56 Å². The maximum Gasteiger partial charge on any atom is 0.274 e. The molecule has 0 bridgehead atoms. The Bertz CT molecular complexity index is 883. The van der Waals surface area contributed by atoms with Gasteiger partial charge in [-0.3, -0.25) is 14.9 Å². The molecule has 0 aromatic heterocycles. The number of nitrogens with zero attached hydrogens (tertiary/aromatic N) is 2. The number of nitro groups is 1. The topological polar surface area (TPSA) is 114 Å². The van der Waals surface area contributed by atoms with Crippen LogP contribution in [0.3, 0.4) is 0 Å². The number of rotatable bonds is 5. The van der Waals surface area contributed by atoms with Crippen molar-refractivity contribution in [1.82, 2.24) is 5.43 Å². The second kappa shape index (κ2) is 7.86. The van der Waals surface area contributed by atoms with Gasteiger partial charge in [-0.15, -0.1) is 0 Å². The monoisotopic (exact) mass is 371 g/mol. The third-order valence-corrected chi connectivity index (χ3v) is 3.90. The molecule has 0 aliphatic heterocycles. The van der Waals surface area contributed by atoms with E-state index in [2.05, 4.69) is 31.3 Å². The lowest BCUT2D eigenvalue weighted by molar-refractivity contribution is -0.385. The number of hydrogen-bond acceptors (Lipinski definition) is 6. The number of ether oxygens (including phenoxy) is 1. The normalized spacial score (nSPS) is 11.4. The highest BCUT2D eigenvalue weighted by Gasteiger charge is 2.16. The van der Waals surface area contributed by atoms with Crippen molar-refractivity contribution >= 4 is 17.8 Å². The lowest BCUT2D eigenvalue weighted by atomic mass is 9.87. The summed E-state index contributed by atoms with van der Waals surface area (Å²) < 4.78 is 4.91. The molecule has 8 heteroatoms. The van der Waals surface area contributed by atoms with Crippen LogP contribution >= 0.6 is 0 Å². The first kappa shape index (κ1) is 19.9. The molecule has 0 spiro atoms. The number of methoxy groups -OCH3 is 1. The van der Waals surface area contributed by atoms with E-state index in [1.165, 1.54) is 7.11 Å². The summed E-state index contributed by atoms with van der Waals surface area (Å²) in [7, 11) is 1.28. The summed E-state index contributed by atoms with van der Waals surface area (Å²) in [6.45, 7) is 6.23. The summed E-state index contributed by atoms with van der Waals surface area (Å²) in [5.74, 6) is -0.811. The van der Waals surface area contributed by atoms with E-state index in [4.69, 9.17) is 4.74 Å². The van der Waals surface area contributed by atoms with Crippen molar-refractivity contribution in [3.63, 3.8) is 0 Å². The third-order valence-electron chi connectivity index (χ3n) is 3.90. The van der Waals surface area contributed by atoms with E-state index < -0.39 is 10.8 Å². The Labute approximate surface area is 156 Å². The van der Waals surface area contributed by atoms with Crippen LogP contribution in [0.5, 0.6) is 11.5 Å². The first-order chi connectivity index (χ1) is 12.6. The molecule has 142 valence electrons. The van der Waals surface area contributed by atoms with Gasteiger partial charge in [0.15, 0.2) is 11.5 Å². The molecule has 2 aromatic rings. The molecular formula is C19H21N3O5. The number of carbonyl (C=O) groups is 1. The van der Waals surface area contributed by atoms with Crippen LogP contribution in [0.25, 0.3) is 0 Å². The van der Waals surface area contributed by atoms with Gasteiger partial charge in [0, 0.05) is 17.2 Å². The van der Waals surface area contributed by atoms with Crippen LogP contribution in [-0.2, 0) is 5.41 Å².